The summed E-state index contributed by atoms with van der Waals surface area (Å²) in [5.41, 5.74) is 14.2. The molecule has 4 heteroatoms. The van der Waals surface area contributed by atoms with Gasteiger partial charge in [0.05, 0.1) is 5.69 Å². The molecule has 0 unspecified atom stereocenters. The first-order chi connectivity index (χ1) is 30.2. The molecule has 0 N–H and O–H groups in total. The molecule has 4 nitrogen and oxygen atoms in total. The molecule has 10 aromatic carbocycles. The van der Waals surface area contributed by atoms with Crippen molar-refractivity contribution in [1.29, 1.82) is 0 Å². The van der Waals surface area contributed by atoms with Crippen LogP contribution in [0.4, 0.5) is 17.1 Å². The third-order valence-electron chi connectivity index (χ3n) is 11.9. The average molecular weight is 781 g/mol. The fourth-order valence-corrected chi connectivity index (χ4v) is 8.92. The van der Waals surface area contributed by atoms with Crippen molar-refractivity contribution in [2.75, 3.05) is 4.90 Å². The number of fused-ring (bicyclic) bond motifs is 7. The molecule has 286 valence electrons. The quantitative estimate of drug-likeness (QED) is 0.151. The van der Waals surface area contributed by atoms with Crippen LogP contribution in [0, 0.1) is 0 Å². The van der Waals surface area contributed by atoms with E-state index in [1.165, 1.54) is 38.2 Å². The molecule has 0 saturated heterocycles. The monoisotopic (exact) mass is 780 g/mol. The minimum Gasteiger partial charge on any atom is -0.456 e. The molecule has 0 saturated carbocycles. The summed E-state index contributed by atoms with van der Waals surface area (Å²) >= 11 is 0. The largest absolute Gasteiger partial charge is 0.456 e. The van der Waals surface area contributed by atoms with E-state index in [0.29, 0.717) is 5.89 Å². The van der Waals surface area contributed by atoms with Crippen molar-refractivity contribution in [3.05, 3.63) is 218 Å². The Hall–Kier alpha value is -8.21. The fraction of sp³-hybridized carbons (Fsp3) is 0. The number of para-hydroxylation sites is 1. The second kappa shape index (κ2) is 14.3. The molecule has 61 heavy (non-hydrogen) atoms. The third-order valence-corrected chi connectivity index (χ3v) is 11.9. The third kappa shape index (κ3) is 6.04. The summed E-state index contributed by atoms with van der Waals surface area (Å²) in [7, 11) is 0. The van der Waals surface area contributed by atoms with Crippen LogP contribution >= 0.6 is 0 Å². The van der Waals surface area contributed by atoms with Crippen LogP contribution in [-0.4, -0.2) is 4.98 Å². The van der Waals surface area contributed by atoms with Crippen LogP contribution in [0.1, 0.15) is 0 Å². The lowest BCUT2D eigenvalue weighted by Gasteiger charge is -2.28. The lowest BCUT2D eigenvalue weighted by atomic mass is 9.93. The van der Waals surface area contributed by atoms with Crippen molar-refractivity contribution in [2.24, 2.45) is 0 Å². The van der Waals surface area contributed by atoms with E-state index >= 15 is 0 Å². The van der Waals surface area contributed by atoms with Gasteiger partial charge in [-0.3, -0.25) is 0 Å². The van der Waals surface area contributed by atoms with Crippen LogP contribution in [0.5, 0.6) is 0 Å². The lowest BCUT2D eigenvalue weighted by molar-refractivity contribution is 0.620. The summed E-state index contributed by atoms with van der Waals surface area (Å²) in [4.78, 5) is 7.13. The molecular formula is C57H36N2O2. The normalized spacial score (nSPS) is 11.6. The smallest absolute Gasteiger partial charge is 0.227 e. The number of hydrogen-bond donors (Lipinski definition) is 0. The number of rotatable bonds is 7. The summed E-state index contributed by atoms with van der Waals surface area (Å²) < 4.78 is 12.7. The topological polar surface area (TPSA) is 42.4 Å². The molecule has 0 amide bonds. The highest BCUT2D eigenvalue weighted by Gasteiger charge is 2.19. The van der Waals surface area contributed by atoms with Gasteiger partial charge >= 0.3 is 0 Å². The Kier molecular flexibility index (Phi) is 8.13. The van der Waals surface area contributed by atoms with Gasteiger partial charge in [0.15, 0.2) is 5.58 Å². The Bertz CT molecular complexity index is 3570. The highest BCUT2D eigenvalue weighted by atomic mass is 16.4. The van der Waals surface area contributed by atoms with Gasteiger partial charge in [-0.1, -0.05) is 146 Å². The van der Waals surface area contributed by atoms with E-state index in [1.54, 1.807) is 0 Å². The summed E-state index contributed by atoms with van der Waals surface area (Å²) in [5, 5.41) is 7.08. The second-order valence-electron chi connectivity index (χ2n) is 15.5. The Balaban J connectivity index is 0.925. The molecule has 0 aliphatic carbocycles. The van der Waals surface area contributed by atoms with Crippen LogP contribution in [0.3, 0.4) is 0 Å². The minimum atomic E-state index is 0.604. The van der Waals surface area contributed by atoms with Gasteiger partial charge in [-0.05, 0) is 116 Å². The van der Waals surface area contributed by atoms with E-state index in [4.69, 9.17) is 13.8 Å². The van der Waals surface area contributed by atoms with Crippen LogP contribution in [0.15, 0.2) is 227 Å². The zero-order valence-corrected chi connectivity index (χ0v) is 33.0. The predicted molar refractivity (Wildman–Crippen MR) is 253 cm³/mol. The molecule has 0 aliphatic rings. The lowest BCUT2D eigenvalue weighted by Crippen LogP contribution is -2.11. The summed E-state index contributed by atoms with van der Waals surface area (Å²) in [6.45, 7) is 0. The first-order valence-corrected chi connectivity index (χ1v) is 20.6. The van der Waals surface area contributed by atoms with E-state index in [2.05, 4.69) is 181 Å². The van der Waals surface area contributed by atoms with Gasteiger partial charge in [0.1, 0.15) is 16.7 Å². The van der Waals surface area contributed by atoms with Gasteiger partial charge in [-0.25, -0.2) is 4.98 Å². The molecule has 0 atom stereocenters. The van der Waals surface area contributed by atoms with Crippen molar-refractivity contribution in [3.8, 4) is 44.8 Å². The van der Waals surface area contributed by atoms with Crippen molar-refractivity contribution in [3.63, 3.8) is 0 Å². The van der Waals surface area contributed by atoms with Gasteiger partial charge in [-0.2, -0.15) is 0 Å². The van der Waals surface area contributed by atoms with Gasteiger partial charge in [0, 0.05) is 39.3 Å². The first kappa shape index (κ1) is 34.8. The van der Waals surface area contributed by atoms with Crippen LogP contribution in [0.2, 0.25) is 0 Å². The highest BCUT2D eigenvalue weighted by Crippen LogP contribution is 2.43. The predicted octanol–water partition coefficient (Wildman–Crippen LogP) is 16.2. The number of benzene rings is 10. The minimum absolute atomic E-state index is 0.604. The molecule has 0 fully saturated rings. The summed E-state index contributed by atoms with van der Waals surface area (Å²) in [6, 6.07) is 77.3. The Morgan fingerprint density at radius 3 is 1.69 bits per heavy atom. The zero-order valence-electron chi connectivity index (χ0n) is 33.0. The Morgan fingerprint density at radius 2 is 0.918 bits per heavy atom. The van der Waals surface area contributed by atoms with Crippen LogP contribution in [-0.2, 0) is 0 Å². The van der Waals surface area contributed by atoms with Gasteiger partial charge in [0.25, 0.3) is 0 Å². The van der Waals surface area contributed by atoms with Crippen LogP contribution < -0.4 is 4.90 Å². The number of oxazole rings is 1. The van der Waals surface area contributed by atoms with E-state index in [-0.39, 0.29) is 0 Å². The SMILES string of the molecule is c1ccc(-c2nc3cc4oc5cc(-c6ccc(N(c7ccc(-c8cc9ccccc9c9ccccc89)cc7)c7ccccc7-c7ccccc7)cc6)ccc5c4cc3o2)cc1. The van der Waals surface area contributed by atoms with Gasteiger partial charge in [0.2, 0.25) is 5.89 Å². The van der Waals surface area contributed by atoms with Gasteiger partial charge < -0.3 is 13.7 Å². The standard InChI is InChI=1S/C57H36N2O2/c1-3-13-38(14-4-1)46-19-11-12-22-53(46)59(44-30-25-39(26-31-44)50-33-42-17-7-8-18-45(42)47-20-9-10-21-48(47)50)43-28-23-37(24-29-43)41-27-32-49-51-35-56-52(36-55(51)60-54(49)34-41)58-57(61-56)40-15-5-2-6-16-40/h1-36H. The molecule has 12 rings (SSSR count). The number of furan rings is 1. The van der Waals surface area contributed by atoms with Gasteiger partial charge in [-0.15, -0.1) is 0 Å². The molecule has 12 aromatic rings. The second-order valence-corrected chi connectivity index (χ2v) is 15.5. The number of nitrogens with zero attached hydrogens (tertiary/aromatic N) is 2. The molecule has 2 aromatic heterocycles. The molecule has 0 spiro atoms. The fourth-order valence-electron chi connectivity index (χ4n) is 8.92. The first-order valence-electron chi connectivity index (χ1n) is 20.6. The summed E-state index contributed by atoms with van der Waals surface area (Å²) in [5.74, 6) is 0.604. The molecule has 0 radical (unpaired) electrons. The Morgan fingerprint density at radius 1 is 0.328 bits per heavy atom. The summed E-state index contributed by atoms with van der Waals surface area (Å²) in [6.07, 6.45) is 0. The molecule has 0 bridgehead atoms. The molecular weight excluding hydrogens is 745 g/mol. The van der Waals surface area contributed by atoms with E-state index in [1.807, 2.05) is 42.5 Å². The van der Waals surface area contributed by atoms with E-state index in [0.717, 1.165) is 72.4 Å². The van der Waals surface area contributed by atoms with Crippen molar-refractivity contribution >= 4 is 71.6 Å². The molecule has 2 heterocycles. The average Bonchev–Trinajstić information content (AvgIpc) is 3.92. The number of anilines is 3. The maximum absolute atomic E-state index is 6.47. The van der Waals surface area contributed by atoms with Crippen molar-refractivity contribution in [1.82, 2.24) is 4.98 Å². The van der Waals surface area contributed by atoms with E-state index in [9.17, 15) is 0 Å². The maximum Gasteiger partial charge on any atom is 0.227 e. The van der Waals surface area contributed by atoms with E-state index < -0.39 is 0 Å². The zero-order chi connectivity index (χ0) is 40.3. The number of aromatic nitrogens is 1. The van der Waals surface area contributed by atoms with Crippen molar-refractivity contribution < 1.29 is 8.83 Å². The number of hydrogen-bond acceptors (Lipinski definition) is 4. The van der Waals surface area contributed by atoms with Crippen LogP contribution in [0.25, 0.3) is 99.4 Å². The molecule has 0 aliphatic heterocycles. The Labute approximate surface area is 352 Å². The highest BCUT2D eigenvalue weighted by molar-refractivity contribution is 6.14. The van der Waals surface area contributed by atoms with Crippen molar-refractivity contribution in [2.45, 2.75) is 0 Å². The maximum atomic E-state index is 6.47.